The summed E-state index contributed by atoms with van der Waals surface area (Å²) in [6.07, 6.45) is 2.53. The number of aryl methyl sites for hydroxylation is 1. The third-order valence-corrected chi connectivity index (χ3v) is 2.53. The molecule has 3 heteroatoms. The number of aromatic nitrogens is 1. The molecule has 0 fully saturated rings. The van der Waals surface area contributed by atoms with Crippen LogP contribution in [0.15, 0.2) is 30.5 Å². The largest absolute Gasteiger partial charge is 0.496 e. The van der Waals surface area contributed by atoms with Gasteiger partial charge in [0.1, 0.15) is 5.75 Å². The van der Waals surface area contributed by atoms with Crippen LogP contribution in [0.4, 0.5) is 4.39 Å². The number of hydrogen-bond acceptors (Lipinski definition) is 1. The van der Waals surface area contributed by atoms with Gasteiger partial charge in [-0.1, -0.05) is 6.07 Å². The molecule has 15 heavy (non-hydrogen) atoms. The molecule has 0 aliphatic heterocycles. The van der Waals surface area contributed by atoms with Gasteiger partial charge >= 0.3 is 0 Å². The molecule has 1 aromatic heterocycles. The number of nitrogens with zero attached hydrogens (tertiary/aromatic N) is 1. The lowest BCUT2D eigenvalue weighted by molar-refractivity contribution is 0.419. The zero-order valence-corrected chi connectivity index (χ0v) is 8.74. The summed E-state index contributed by atoms with van der Waals surface area (Å²) in [5, 5.41) is 1.08. The Labute approximate surface area is 88.3 Å². The molecule has 0 saturated carbocycles. The minimum Gasteiger partial charge on any atom is -0.496 e. The molecule has 2 rings (SSSR count). The Balaban J connectivity index is 2.42. The van der Waals surface area contributed by atoms with E-state index >= 15 is 0 Å². The summed E-state index contributed by atoms with van der Waals surface area (Å²) in [6, 6.07) is 7.91. The van der Waals surface area contributed by atoms with Gasteiger partial charge in [-0.3, -0.25) is 4.39 Å². The third kappa shape index (κ3) is 1.82. The van der Waals surface area contributed by atoms with Crippen molar-refractivity contribution in [3.8, 4) is 5.75 Å². The minimum absolute atomic E-state index is 0.274. The number of methoxy groups -OCH3 is 1. The van der Waals surface area contributed by atoms with Crippen molar-refractivity contribution in [2.45, 2.75) is 13.0 Å². The number of rotatable bonds is 4. The first kappa shape index (κ1) is 10.0. The Hall–Kier alpha value is -1.51. The van der Waals surface area contributed by atoms with Crippen LogP contribution >= 0.6 is 0 Å². The molecule has 0 spiro atoms. The Bertz CT molecular complexity index is 450. The molecule has 0 N–H and O–H groups in total. The predicted octanol–water partition coefficient (Wildman–Crippen LogP) is 3.01. The number of fused-ring (bicyclic) bond motifs is 1. The van der Waals surface area contributed by atoms with E-state index in [0.717, 1.165) is 16.7 Å². The number of benzene rings is 1. The molecule has 0 radical (unpaired) electrons. The summed E-state index contributed by atoms with van der Waals surface area (Å²) in [5.41, 5.74) is 1.10. The predicted molar refractivity (Wildman–Crippen MR) is 59.1 cm³/mol. The fourth-order valence-corrected chi connectivity index (χ4v) is 1.80. The van der Waals surface area contributed by atoms with Gasteiger partial charge in [-0.15, -0.1) is 0 Å². The lowest BCUT2D eigenvalue weighted by Crippen LogP contribution is -1.96. The van der Waals surface area contributed by atoms with Gasteiger partial charge in [0.2, 0.25) is 0 Å². The molecular formula is C12H14FNO. The molecule has 0 aliphatic carbocycles. The van der Waals surface area contributed by atoms with Gasteiger partial charge in [0, 0.05) is 18.1 Å². The third-order valence-electron chi connectivity index (χ3n) is 2.53. The van der Waals surface area contributed by atoms with Crippen LogP contribution in [0.5, 0.6) is 5.75 Å². The van der Waals surface area contributed by atoms with Crippen LogP contribution in [0, 0.1) is 0 Å². The second-order valence-corrected chi connectivity index (χ2v) is 3.44. The van der Waals surface area contributed by atoms with Crippen LogP contribution < -0.4 is 4.74 Å². The second kappa shape index (κ2) is 4.34. The fourth-order valence-electron chi connectivity index (χ4n) is 1.80. The zero-order chi connectivity index (χ0) is 10.7. The average Bonchev–Trinajstić information content (AvgIpc) is 2.69. The summed E-state index contributed by atoms with van der Waals surface area (Å²) >= 11 is 0. The summed E-state index contributed by atoms with van der Waals surface area (Å²) in [7, 11) is 1.66. The maximum Gasteiger partial charge on any atom is 0.128 e. The maximum atomic E-state index is 12.1. The van der Waals surface area contributed by atoms with Crippen molar-refractivity contribution in [1.82, 2.24) is 4.57 Å². The number of halogens is 1. The van der Waals surface area contributed by atoms with Gasteiger partial charge in [-0.2, -0.15) is 0 Å². The van der Waals surface area contributed by atoms with Crippen molar-refractivity contribution in [3.63, 3.8) is 0 Å². The monoisotopic (exact) mass is 207 g/mol. The van der Waals surface area contributed by atoms with Crippen LogP contribution in [0.1, 0.15) is 6.42 Å². The first-order valence-electron chi connectivity index (χ1n) is 5.04. The second-order valence-electron chi connectivity index (χ2n) is 3.44. The average molecular weight is 207 g/mol. The van der Waals surface area contributed by atoms with E-state index in [2.05, 4.69) is 4.57 Å². The van der Waals surface area contributed by atoms with Crippen LogP contribution in [-0.4, -0.2) is 18.4 Å². The first-order chi connectivity index (χ1) is 7.36. The molecule has 0 aliphatic rings. The molecule has 0 saturated heterocycles. The molecule has 1 aromatic carbocycles. The number of alkyl halides is 1. The Kier molecular flexibility index (Phi) is 2.90. The van der Waals surface area contributed by atoms with E-state index < -0.39 is 0 Å². The van der Waals surface area contributed by atoms with E-state index in [0.29, 0.717) is 13.0 Å². The maximum absolute atomic E-state index is 12.1. The molecule has 0 bridgehead atoms. The summed E-state index contributed by atoms with van der Waals surface area (Å²) in [6.45, 7) is 0.441. The van der Waals surface area contributed by atoms with Crippen LogP contribution in [0.25, 0.3) is 10.9 Å². The van der Waals surface area contributed by atoms with E-state index in [9.17, 15) is 4.39 Å². The molecule has 0 unspecified atom stereocenters. The van der Waals surface area contributed by atoms with Crippen molar-refractivity contribution in [2.75, 3.05) is 13.8 Å². The van der Waals surface area contributed by atoms with Crippen LogP contribution in [-0.2, 0) is 6.54 Å². The molecule has 0 atom stereocenters. The molecule has 0 amide bonds. The minimum atomic E-state index is -0.274. The number of hydrogen-bond donors (Lipinski definition) is 0. The van der Waals surface area contributed by atoms with Gasteiger partial charge in [-0.25, -0.2) is 0 Å². The van der Waals surface area contributed by atoms with E-state index in [-0.39, 0.29) is 6.67 Å². The quantitative estimate of drug-likeness (QED) is 0.751. The summed E-state index contributed by atoms with van der Waals surface area (Å²) in [5.74, 6) is 0.867. The smallest absolute Gasteiger partial charge is 0.128 e. The fraction of sp³-hybridized carbons (Fsp3) is 0.333. The summed E-state index contributed by atoms with van der Waals surface area (Å²) < 4.78 is 19.4. The summed E-state index contributed by atoms with van der Waals surface area (Å²) in [4.78, 5) is 0. The van der Waals surface area contributed by atoms with Crippen molar-refractivity contribution in [2.24, 2.45) is 0 Å². The Morgan fingerprint density at radius 2 is 2.20 bits per heavy atom. The van der Waals surface area contributed by atoms with Gasteiger partial charge in [-0.05, 0) is 24.6 Å². The molecule has 1 heterocycles. The van der Waals surface area contributed by atoms with Crippen LogP contribution in [0.3, 0.4) is 0 Å². The SMILES string of the molecule is COc1cccc2c1ccn2CCCF. The highest BCUT2D eigenvalue weighted by molar-refractivity contribution is 5.86. The van der Waals surface area contributed by atoms with E-state index in [1.54, 1.807) is 7.11 Å². The highest BCUT2D eigenvalue weighted by atomic mass is 19.1. The molecule has 2 aromatic rings. The molecule has 80 valence electrons. The van der Waals surface area contributed by atoms with E-state index in [1.807, 2.05) is 30.5 Å². The topological polar surface area (TPSA) is 14.2 Å². The lowest BCUT2D eigenvalue weighted by atomic mass is 10.2. The molecular weight excluding hydrogens is 193 g/mol. The van der Waals surface area contributed by atoms with Crippen molar-refractivity contribution in [3.05, 3.63) is 30.5 Å². The van der Waals surface area contributed by atoms with Crippen LogP contribution in [0.2, 0.25) is 0 Å². The first-order valence-corrected chi connectivity index (χ1v) is 5.04. The normalized spacial score (nSPS) is 10.8. The Morgan fingerprint density at radius 3 is 2.93 bits per heavy atom. The highest BCUT2D eigenvalue weighted by Gasteiger charge is 2.04. The van der Waals surface area contributed by atoms with Gasteiger partial charge in [0.15, 0.2) is 0 Å². The van der Waals surface area contributed by atoms with E-state index in [4.69, 9.17) is 4.74 Å². The van der Waals surface area contributed by atoms with E-state index in [1.165, 1.54) is 0 Å². The Morgan fingerprint density at radius 1 is 1.33 bits per heavy atom. The van der Waals surface area contributed by atoms with Crippen molar-refractivity contribution < 1.29 is 9.13 Å². The van der Waals surface area contributed by atoms with Gasteiger partial charge < -0.3 is 9.30 Å². The van der Waals surface area contributed by atoms with Crippen molar-refractivity contribution in [1.29, 1.82) is 0 Å². The number of ether oxygens (including phenoxy) is 1. The standard InChI is InChI=1S/C12H14FNO/c1-15-12-5-2-4-11-10(12)6-9-14(11)8-3-7-13/h2,4-6,9H,3,7-8H2,1H3. The zero-order valence-electron chi connectivity index (χ0n) is 8.74. The van der Waals surface area contributed by atoms with Gasteiger partial charge in [0.25, 0.3) is 0 Å². The molecule has 2 nitrogen and oxygen atoms in total. The highest BCUT2D eigenvalue weighted by Crippen LogP contribution is 2.26. The van der Waals surface area contributed by atoms with Crippen molar-refractivity contribution >= 4 is 10.9 Å². The lowest BCUT2D eigenvalue weighted by Gasteiger charge is -2.05. The van der Waals surface area contributed by atoms with Gasteiger partial charge in [0.05, 0.1) is 19.3 Å².